The van der Waals surface area contributed by atoms with Crippen molar-refractivity contribution in [3.05, 3.63) is 28.8 Å². The molecule has 1 N–H and O–H groups in total. The highest BCUT2D eigenvalue weighted by molar-refractivity contribution is 6.30. The van der Waals surface area contributed by atoms with E-state index in [1.807, 2.05) is 13.0 Å². The van der Waals surface area contributed by atoms with E-state index in [-0.39, 0.29) is 23.6 Å². The number of carbonyl (C=O) groups is 2. The standard InChI is InChI=1S/C14H16ClNO3/c1-8-5-10-12(16-9(2)17)3-4-19-14(10)11(6-8)13(18)7-15/h5-6,12H,3-4,7H2,1-2H3,(H,16,17). The summed E-state index contributed by atoms with van der Waals surface area (Å²) in [6.45, 7) is 3.87. The van der Waals surface area contributed by atoms with E-state index in [0.717, 1.165) is 11.1 Å². The van der Waals surface area contributed by atoms with Gasteiger partial charge in [0.1, 0.15) is 5.75 Å². The van der Waals surface area contributed by atoms with Gasteiger partial charge >= 0.3 is 0 Å². The zero-order chi connectivity index (χ0) is 14.0. The van der Waals surface area contributed by atoms with E-state index in [1.54, 1.807) is 6.07 Å². The van der Waals surface area contributed by atoms with Crippen LogP contribution >= 0.6 is 11.6 Å². The van der Waals surface area contributed by atoms with Crippen molar-refractivity contribution in [3.8, 4) is 5.75 Å². The summed E-state index contributed by atoms with van der Waals surface area (Å²) >= 11 is 5.63. The summed E-state index contributed by atoms with van der Waals surface area (Å²) in [5.74, 6) is 0.222. The van der Waals surface area contributed by atoms with Crippen LogP contribution < -0.4 is 10.1 Å². The Morgan fingerprint density at radius 3 is 2.84 bits per heavy atom. The largest absolute Gasteiger partial charge is 0.492 e. The van der Waals surface area contributed by atoms with Crippen molar-refractivity contribution in [2.24, 2.45) is 0 Å². The topological polar surface area (TPSA) is 55.4 Å². The number of Topliss-reactive ketones (excluding diaryl/α,β-unsaturated/α-hetero) is 1. The van der Waals surface area contributed by atoms with Crippen molar-refractivity contribution in [3.63, 3.8) is 0 Å². The highest BCUT2D eigenvalue weighted by Crippen LogP contribution is 2.36. The number of ether oxygens (including phenoxy) is 1. The Labute approximate surface area is 117 Å². The van der Waals surface area contributed by atoms with Gasteiger partial charge in [-0.1, -0.05) is 6.07 Å². The quantitative estimate of drug-likeness (QED) is 0.684. The van der Waals surface area contributed by atoms with Crippen LogP contribution in [-0.2, 0) is 4.79 Å². The van der Waals surface area contributed by atoms with Crippen LogP contribution in [0.4, 0.5) is 0 Å². The molecule has 5 heteroatoms. The fraction of sp³-hybridized carbons (Fsp3) is 0.429. The predicted molar refractivity (Wildman–Crippen MR) is 72.9 cm³/mol. The van der Waals surface area contributed by atoms with Gasteiger partial charge in [0.05, 0.1) is 24.1 Å². The number of nitrogens with one attached hydrogen (secondary N) is 1. The van der Waals surface area contributed by atoms with Crippen molar-refractivity contribution in [1.29, 1.82) is 0 Å². The Morgan fingerprint density at radius 2 is 2.21 bits per heavy atom. The van der Waals surface area contributed by atoms with Gasteiger partial charge in [-0.25, -0.2) is 0 Å². The summed E-state index contributed by atoms with van der Waals surface area (Å²) in [4.78, 5) is 23.1. The first-order valence-corrected chi connectivity index (χ1v) is 6.70. The van der Waals surface area contributed by atoms with Gasteiger partial charge in [0.25, 0.3) is 0 Å². The Morgan fingerprint density at radius 1 is 1.47 bits per heavy atom. The second kappa shape index (κ2) is 5.61. The maximum atomic E-state index is 11.9. The van der Waals surface area contributed by atoms with Crippen LogP contribution in [0.15, 0.2) is 12.1 Å². The van der Waals surface area contributed by atoms with E-state index < -0.39 is 0 Å². The second-order valence-corrected chi connectivity index (χ2v) is 4.95. The zero-order valence-electron chi connectivity index (χ0n) is 11.0. The van der Waals surface area contributed by atoms with E-state index in [1.165, 1.54) is 6.92 Å². The number of ketones is 1. The molecule has 0 fully saturated rings. The number of aryl methyl sites for hydroxylation is 1. The van der Waals surface area contributed by atoms with Crippen LogP contribution in [0.2, 0.25) is 0 Å². The van der Waals surface area contributed by atoms with E-state index >= 15 is 0 Å². The molecule has 1 aliphatic rings. The van der Waals surface area contributed by atoms with Gasteiger partial charge in [0.15, 0.2) is 5.78 Å². The molecule has 1 atom stereocenters. The average Bonchev–Trinajstić information content (AvgIpc) is 2.37. The minimum absolute atomic E-state index is 0.0793. The number of benzene rings is 1. The van der Waals surface area contributed by atoms with Crippen LogP contribution in [0.3, 0.4) is 0 Å². The van der Waals surface area contributed by atoms with Gasteiger partial charge in [-0.05, 0) is 18.6 Å². The van der Waals surface area contributed by atoms with E-state index in [9.17, 15) is 9.59 Å². The molecule has 1 aromatic rings. The summed E-state index contributed by atoms with van der Waals surface area (Å²) in [5.41, 5.74) is 2.31. The summed E-state index contributed by atoms with van der Waals surface area (Å²) in [6.07, 6.45) is 0.699. The molecule has 1 aromatic carbocycles. The van der Waals surface area contributed by atoms with Gasteiger partial charge in [-0.2, -0.15) is 0 Å². The molecular weight excluding hydrogens is 266 g/mol. The van der Waals surface area contributed by atoms with Crippen LogP contribution in [0.25, 0.3) is 0 Å². The Balaban J connectivity index is 2.49. The molecule has 0 spiro atoms. The maximum Gasteiger partial charge on any atom is 0.217 e. The van der Waals surface area contributed by atoms with Crippen molar-refractivity contribution in [1.82, 2.24) is 5.32 Å². The Bertz CT molecular complexity index is 528. The molecule has 0 radical (unpaired) electrons. The van der Waals surface area contributed by atoms with E-state index in [2.05, 4.69) is 5.32 Å². The number of rotatable bonds is 3. The number of hydrogen-bond donors (Lipinski definition) is 1. The lowest BCUT2D eigenvalue weighted by Gasteiger charge is -2.28. The monoisotopic (exact) mass is 281 g/mol. The first-order valence-electron chi connectivity index (χ1n) is 6.16. The minimum atomic E-state index is -0.162. The first kappa shape index (κ1) is 13.9. The third kappa shape index (κ3) is 2.89. The van der Waals surface area contributed by atoms with Crippen LogP contribution in [0.5, 0.6) is 5.75 Å². The molecule has 1 aliphatic heterocycles. The normalized spacial score (nSPS) is 17.3. The number of hydrogen-bond acceptors (Lipinski definition) is 3. The number of halogens is 1. The smallest absolute Gasteiger partial charge is 0.217 e. The van der Waals surface area contributed by atoms with Gasteiger partial charge in [-0.15, -0.1) is 11.6 Å². The molecule has 102 valence electrons. The summed E-state index contributed by atoms with van der Waals surface area (Å²) in [5, 5.41) is 2.89. The summed E-state index contributed by atoms with van der Waals surface area (Å²) in [7, 11) is 0. The van der Waals surface area contributed by atoms with Gasteiger partial charge in [0.2, 0.25) is 5.91 Å². The lowest BCUT2D eigenvalue weighted by Crippen LogP contribution is -2.31. The molecule has 1 amide bonds. The summed E-state index contributed by atoms with van der Waals surface area (Å²) in [6, 6.07) is 3.61. The highest BCUT2D eigenvalue weighted by atomic mass is 35.5. The molecule has 0 bridgehead atoms. The minimum Gasteiger partial charge on any atom is -0.492 e. The highest BCUT2D eigenvalue weighted by Gasteiger charge is 2.26. The molecule has 0 aliphatic carbocycles. The Kier molecular flexibility index (Phi) is 4.10. The van der Waals surface area contributed by atoms with E-state index in [0.29, 0.717) is 24.3 Å². The van der Waals surface area contributed by atoms with Crippen molar-refractivity contribution in [2.45, 2.75) is 26.3 Å². The van der Waals surface area contributed by atoms with Crippen molar-refractivity contribution in [2.75, 3.05) is 12.5 Å². The molecule has 2 rings (SSSR count). The molecule has 1 unspecified atom stereocenters. The average molecular weight is 282 g/mol. The van der Waals surface area contributed by atoms with Gasteiger partial charge in [0, 0.05) is 18.9 Å². The Hall–Kier alpha value is -1.55. The zero-order valence-corrected chi connectivity index (χ0v) is 11.7. The van der Waals surface area contributed by atoms with E-state index in [4.69, 9.17) is 16.3 Å². The number of amides is 1. The lowest BCUT2D eigenvalue weighted by atomic mass is 9.94. The van der Waals surface area contributed by atoms with Crippen molar-refractivity contribution < 1.29 is 14.3 Å². The molecule has 0 saturated carbocycles. The molecular formula is C14H16ClNO3. The lowest BCUT2D eigenvalue weighted by molar-refractivity contribution is -0.119. The second-order valence-electron chi connectivity index (χ2n) is 4.68. The predicted octanol–water partition coefficient (Wildman–Crippen LogP) is 2.38. The third-order valence-electron chi connectivity index (χ3n) is 3.09. The number of fused-ring (bicyclic) bond motifs is 1. The first-order chi connectivity index (χ1) is 9.02. The number of carbonyl (C=O) groups excluding carboxylic acids is 2. The summed E-state index contributed by atoms with van der Waals surface area (Å²) < 4.78 is 5.61. The molecule has 0 saturated heterocycles. The molecule has 0 aromatic heterocycles. The van der Waals surface area contributed by atoms with Gasteiger partial charge < -0.3 is 10.1 Å². The van der Waals surface area contributed by atoms with Crippen LogP contribution in [-0.4, -0.2) is 24.2 Å². The van der Waals surface area contributed by atoms with Gasteiger partial charge in [-0.3, -0.25) is 9.59 Å². The fourth-order valence-electron chi connectivity index (χ4n) is 2.33. The molecule has 19 heavy (non-hydrogen) atoms. The van der Waals surface area contributed by atoms with Crippen LogP contribution in [0, 0.1) is 6.92 Å². The third-order valence-corrected chi connectivity index (χ3v) is 3.33. The molecule has 1 heterocycles. The SMILES string of the molecule is CC(=O)NC1CCOc2c(C(=O)CCl)cc(C)cc21. The molecule has 4 nitrogen and oxygen atoms in total. The maximum absolute atomic E-state index is 11.9. The fourth-order valence-corrected chi connectivity index (χ4v) is 2.47. The van der Waals surface area contributed by atoms with Crippen molar-refractivity contribution >= 4 is 23.3 Å². The van der Waals surface area contributed by atoms with Crippen LogP contribution in [0.1, 0.15) is 40.9 Å². The number of alkyl halides is 1.